The number of esters is 1. The zero-order chi connectivity index (χ0) is 13.9. The monoisotopic (exact) mass is 285 g/mol. The summed E-state index contributed by atoms with van der Waals surface area (Å²) in [6.07, 6.45) is 4.94. The molecule has 0 N–H and O–H groups in total. The van der Waals surface area contributed by atoms with Crippen LogP contribution in [-0.4, -0.2) is 48.0 Å². The molecule has 1 aliphatic carbocycles. The number of carbonyl (C=O) groups is 2. The van der Waals surface area contributed by atoms with Gasteiger partial charge in [0.1, 0.15) is 0 Å². The Morgan fingerprint density at radius 2 is 1.95 bits per heavy atom. The molecule has 0 aromatic rings. The third kappa shape index (κ3) is 3.88. The fraction of sp³-hybridized carbons (Fsp3) is 0.857. The van der Waals surface area contributed by atoms with Crippen molar-refractivity contribution >= 4 is 23.6 Å². The molecule has 108 valence electrons. The van der Waals surface area contributed by atoms with E-state index >= 15 is 0 Å². The molecule has 1 heterocycles. The number of nitrogens with zero attached hydrogens (tertiary/aromatic N) is 1. The van der Waals surface area contributed by atoms with Gasteiger partial charge in [-0.25, -0.2) is 0 Å². The van der Waals surface area contributed by atoms with Crippen LogP contribution in [0.3, 0.4) is 0 Å². The zero-order valence-corrected chi connectivity index (χ0v) is 12.6. The Balaban J connectivity index is 1.75. The summed E-state index contributed by atoms with van der Waals surface area (Å²) in [7, 11) is 1.44. The number of ether oxygens (including phenoxy) is 1. The van der Waals surface area contributed by atoms with Gasteiger partial charge in [0.15, 0.2) is 0 Å². The van der Waals surface area contributed by atoms with Gasteiger partial charge in [0.2, 0.25) is 5.91 Å². The summed E-state index contributed by atoms with van der Waals surface area (Å²) < 4.78 is 4.74. The second-order valence-electron chi connectivity index (χ2n) is 5.74. The quantitative estimate of drug-likeness (QED) is 0.701. The molecule has 19 heavy (non-hydrogen) atoms. The molecule has 0 aromatic heterocycles. The summed E-state index contributed by atoms with van der Waals surface area (Å²) in [5, 5.41) is 0.00761. The largest absolute Gasteiger partial charge is 0.469 e. The molecule has 2 fully saturated rings. The maximum atomic E-state index is 12.2. The minimum absolute atomic E-state index is 0.00761. The highest BCUT2D eigenvalue weighted by atomic mass is 32.2. The van der Waals surface area contributed by atoms with Crippen molar-refractivity contribution in [3.8, 4) is 0 Å². The molecule has 1 atom stereocenters. The van der Waals surface area contributed by atoms with Gasteiger partial charge in [0.25, 0.3) is 0 Å². The molecule has 2 rings (SSSR count). The average molecular weight is 285 g/mol. The van der Waals surface area contributed by atoms with E-state index in [0.29, 0.717) is 6.42 Å². The molecular weight excluding hydrogens is 262 g/mol. The summed E-state index contributed by atoms with van der Waals surface area (Å²) in [6, 6.07) is 0. The first-order chi connectivity index (χ1) is 9.06. The summed E-state index contributed by atoms with van der Waals surface area (Å²) in [4.78, 5) is 25.5. The van der Waals surface area contributed by atoms with Crippen molar-refractivity contribution in [3.63, 3.8) is 0 Å². The second kappa shape index (κ2) is 6.16. The SMILES string of the molecule is COC(=O)CC1(CSC(C)C(=O)N2CCCC2)CC1. The summed E-state index contributed by atoms with van der Waals surface area (Å²) in [5.74, 6) is 1.02. The van der Waals surface area contributed by atoms with Crippen molar-refractivity contribution in [2.24, 2.45) is 5.41 Å². The molecule has 1 saturated heterocycles. The van der Waals surface area contributed by atoms with Gasteiger partial charge in [-0.15, -0.1) is 11.8 Å². The van der Waals surface area contributed by atoms with E-state index in [9.17, 15) is 9.59 Å². The Kier molecular flexibility index (Phi) is 4.76. The van der Waals surface area contributed by atoms with Crippen LogP contribution in [0.4, 0.5) is 0 Å². The van der Waals surface area contributed by atoms with E-state index in [1.54, 1.807) is 11.8 Å². The van der Waals surface area contributed by atoms with Gasteiger partial charge < -0.3 is 9.64 Å². The van der Waals surface area contributed by atoms with Gasteiger partial charge in [-0.1, -0.05) is 0 Å². The van der Waals surface area contributed by atoms with Gasteiger partial charge in [-0.3, -0.25) is 9.59 Å². The molecular formula is C14H23NO3S. The van der Waals surface area contributed by atoms with Crippen LogP contribution in [0.15, 0.2) is 0 Å². The van der Waals surface area contributed by atoms with Gasteiger partial charge in [0, 0.05) is 18.8 Å². The first-order valence-corrected chi connectivity index (χ1v) is 8.08. The molecule has 1 unspecified atom stereocenters. The molecule has 2 aliphatic rings. The number of rotatable bonds is 6. The second-order valence-corrected chi connectivity index (χ2v) is 7.07. The van der Waals surface area contributed by atoms with Crippen molar-refractivity contribution in [1.29, 1.82) is 0 Å². The fourth-order valence-electron chi connectivity index (χ4n) is 2.49. The van der Waals surface area contributed by atoms with Crippen LogP contribution in [0.5, 0.6) is 0 Å². The standard InChI is InChI=1S/C14H23NO3S/c1-11(13(17)15-7-3-4-8-15)19-10-14(5-6-14)9-12(16)18-2/h11H,3-10H2,1-2H3. The van der Waals surface area contributed by atoms with E-state index in [-0.39, 0.29) is 22.5 Å². The Hall–Kier alpha value is -0.710. The van der Waals surface area contributed by atoms with Crippen LogP contribution < -0.4 is 0 Å². The molecule has 4 nitrogen and oxygen atoms in total. The lowest BCUT2D eigenvalue weighted by Gasteiger charge is -2.21. The van der Waals surface area contributed by atoms with Crippen molar-refractivity contribution in [2.45, 2.75) is 44.3 Å². The van der Waals surface area contributed by atoms with E-state index in [0.717, 1.165) is 44.5 Å². The Morgan fingerprint density at radius 3 is 2.47 bits per heavy atom. The lowest BCUT2D eigenvalue weighted by Crippen LogP contribution is -2.34. The summed E-state index contributed by atoms with van der Waals surface area (Å²) in [5.41, 5.74) is 0.108. The maximum absolute atomic E-state index is 12.2. The van der Waals surface area contributed by atoms with Crippen LogP contribution in [0.25, 0.3) is 0 Å². The highest BCUT2D eigenvalue weighted by Gasteiger charge is 2.45. The average Bonchev–Trinajstić information content (AvgIpc) is 2.95. The molecule has 0 bridgehead atoms. The van der Waals surface area contributed by atoms with Crippen LogP contribution in [0.2, 0.25) is 0 Å². The lowest BCUT2D eigenvalue weighted by molar-refractivity contribution is -0.141. The van der Waals surface area contributed by atoms with E-state index in [2.05, 4.69) is 0 Å². The van der Waals surface area contributed by atoms with Crippen molar-refractivity contribution in [2.75, 3.05) is 26.0 Å². The number of hydrogen-bond acceptors (Lipinski definition) is 4. The van der Waals surface area contributed by atoms with E-state index in [1.165, 1.54) is 7.11 Å². The number of likely N-dealkylation sites (tertiary alicyclic amines) is 1. The zero-order valence-electron chi connectivity index (χ0n) is 11.8. The summed E-state index contributed by atoms with van der Waals surface area (Å²) >= 11 is 1.69. The highest BCUT2D eigenvalue weighted by molar-refractivity contribution is 8.00. The topological polar surface area (TPSA) is 46.6 Å². The Bertz CT molecular complexity index is 349. The Labute approximate surface area is 119 Å². The summed E-state index contributed by atoms with van der Waals surface area (Å²) in [6.45, 7) is 3.81. The number of thioether (sulfide) groups is 1. The van der Waals surface area contributed by atoms with E-state index in [1.807, 2.05) is 11.8 Å². The predicted octanol–water partition coefficient (Wildman–Crippen LogP) is 2.07. The van der Waals surface area contributed by atoms with Crippen LogP contribution in [-0.2, 0) is 14.3 Å². The molecule has 0 spiro atoms. The Morgan fingerprint density at radius 1 is 1.32 bits per heavy atom. The minimum Gasteiger partial charge on any atom is -0.469 e. The molecule has 1 saturated carbocycles. The highest BCUT2D eigenvalue weighted by Crippen LogP contribution is 2.51. The third-order valence-electron chi connectivity index (χ3n) is 4.11. The van der Waals surface area contributed by atoms with Gasteiger partial charge in [-0.05, 0) is 38.0 Å². The lowest BCUT2D eigenvalue weighted by atomic mass is 10.1. The van der Waals surface area contributed by atoms with Gasteiger partial charge in [-0.2, -0.15) is 0 Å². The molecule has 1 amide bonds. The van der Waals surface area contributed by atoms with Crippen LogP contribution in [0, 0.1) is 5.41 Å². The van der Waals surface area contributed by atoms with Crippen LogP contribution in [0.1, 0.15) is 39.0 Å². The van der Waals surface area contributed by atoms with Gasteiger partial charge >= 0.3 is 5.97 Å². The van der Waals surface area contributed by atoms with Crippen LogP contribution >= 0.6 is 11.8 Å². The number of hydrogen-bond donors (Lipinski definition) is 0. The normalized spacial score (nSPS) is 22.1. The number of amides is 1. The number of methoxy groups -OCH3 is 1. The third-order valence-corrected chi connectivity index (χ3v) is 5.59. The van der Waals surface area contributed by atoms with E-state index < -0.39 is 0 Å². The van der Waals surface area contributed by atoms with Crippen molar-refractivity contribution in [1.82, 2.24) is 4.90 Å². The predicted molar refractivity (Wildman–Crippen MR) is 76.0 cm³/mol. The smallest absolute Gasteiger partial charge is 0.306 e. The van der Waals surface area contributed by atoms with Crippen molar-refractivity contribution < 1.29 is 14.3 Å². The van der Waals surface area contributed by atoms with Crippen molar-refractivity contribution in [3.05, 3.63) is 0 Å². The fourth-order valence-corrected chi connectivity index (χ4v) is 3.78. The first kappa shape index (κ1) is 14.7. The number of carbonyl (C=O) groups excluding carboxylic acids is 2. The first-order valence-electron chi connectivity index (χ1n) is 7.03. The maximum Gasteiger partial charge on any atom is 0.306 e. The molecule has 0 radical (unpaired) electrons. The van der Waals surface area contributed by atoms with Gasteiger partial charge in [0.05, 0.1) is 18.8 Å². The molecule has 1 aliphatic heterocycles. The molecule has 5 heteroatoms. The van der Waals surface area contributed by atoms with E-state index in [4.69, 9.17) is 4.74 Å². The molecule has 0 aromatic carbocycles. The minimum atomic E-state index is -0.128.